The summed E-state index contributed by atoms with van der Waals surface area (Å²) in [6, 6.07) is 16.0. The van der Waals surface area contributed by atoms with Crippen LogP contribution in [0.1, 0.15) is 24.8 Å². The summed E-state index contributed by atoms with van der Waals surface area (Å²) in [6.07, 6.45) is 4.01. The van der Waals surface area contributed by atoms with Crippen molar-refractivity contribution < 1.29 is 4.42 Å². The van der Waals surface area contributed by atoms with Crippen molar-refractivity contribution >= 4 is 17.3 Å². The smallest absolute Gasteiger partial charge is 0.214 e. The molecule has 0 saturated heterocycles. The minimum atomic E-state index is 0.447. The lowest BCUT2D eigenvalue weighted by Gasteiger charge is -2.06. The van der Waals surface area contributed by atoms with Gasteiger partial charge in [0.1, 0.15) is 0 Å². The second-order valence-corrected chi connectivity index (χ2v) is 7.17. The van der Waals surface area contributed by atoms with Gasteiger partial charge in [-0.15, -0.1) is 5.10 Å². The maximum Gasteiger partial charge on any atom is 0.214 e. The molecule has 2 aromatic carbocycles. The van der Waals surface area contributed by atoms with E-state index < -0.39 is 0 Å². The Kier molecular flexibility index (Phi) is 4.29. The van der Waals surface area contributed by atoms with Crippen molar-refractivity contribution in [3.05, 3.63) is 65.6 Å². The molecule has 0 radical (unpaired) electrons. The Bertz CT molecular complexity index is 1080. The maximum atomic E-state index is 5.92. The molecule has 1 saturated carbocycles. The molecule has 1 aliphatic carbocycles. The minimum Gasteiger partial charge on any atom is -0.439 e. The molecule has 28 heavy (non-hydrogen) atoms. The number of rotatable bonds is 6. The van der Waals surface area contributed by atoms with Gasteiger partial charge in [-0.25, -0.2) is 9.67 Å². The summed E-state index contributed by atoms with van der Waals surface area (Å²) >= 11 is 5.92. The topological polar surface area (TPSA) is 81.7 Å². The standard InChI is InChI=1S/C20H17ClN6O/c21-15-5-1-13(2-6-15)18-11-23-19(28-18)12-22-16-7-3-14(4-8-16)20-24-25-26-27(20)17-9-10-17/h1-8,11,17,22H,9-10,12H2. The third kappa shape index (κ3) is 3.48. The van der Waals surface area contributed by atoms with Crippen molar-refractivity contribution in [2.24, 2.45) is 0 Å². The Morgan fingerprint density at radius 3 is 2.54 bits per heavy atom. The van der Waals surface area contributed by atoms with E-state index in [9.17, 15) is 0 Å². The van der Waals surface area contributed by atoms with Gasteiger partial charge in [0.2, 0.25) is 5.89 Å². The molecule has 0 unspecified atom stereocenters. The molecule has 5 rings (SSSR count). The first-order valence-corrected chi connectivity index (χ1v) is 9.47. The second-order valence-electron chi connectivity index (χ2n) is 6.73. The fourth-order valence-electron chi connectivity index (χ4n) is 3.00. The molecule has 0 aliphatic heterocycles. The first kappa shape index (κ1) is 16.9. The van der Waals surface area contributed by atoms with E-state index in [1.54, 1.807) is 6.20 Å². The van der Waals surface area contributed by atoms with E-state index >= 15 is 0 Å². The lowest BCUT2D eigenvalue weighted by molar-refractivity contribution is 0.516. The maximum absolute atomic E-state index is 5.92. The third-order valence-corrected chi connectivity index (χ3v) is 4.91. The Labute approximate surface area is 166 Å². The lowest BCUT2D eigenvalue weighted by atomic mass is 10.2. The Morgan fingerprint density at radius 2 is 1.79 bits per heavy atom. The Balaban J connectivity index is 1.25. The quantitative estimate of drug-likeness (QED) is 0.516. The monoisotopic (exact) mass is 392 g/mol. The van der Waals surface area contributed by atoms with Crippen LogP contribution in [-0.2, 0) is 6.54 Å². The van der Waals surface area contributed by atoms with Gasteiger partial charge in [0.25, 0.3) is 0 Å². The number of aromatic nitrogens is 5. The highest BCUT2D eigenvalue weighted by molar-refractivity contribution is 6.30. The van der Waals surface area contributed by atoms with Crippen LogP contribution < -0.4 is 5.32 Å². The molecule has 0 bridgehead atoms. The van der Waals surface area contributed by atoms with Gasteiger partial charge in [-0.2, -0.15) is 0 Å². The zero-order chi connectivity index (χ0) is 18.9. The van der Waals surface area contributed by atoms with E-state index in [2.05, 4.69) is 25.8 Å². The van der Waals surface area contributed by atoms with E-state index in [0.717, 1.165) is 41.2 Å². The minimum absolute atomic E-state index is 0.447. The summed E-state index contributed by atoms with van der Waals surface area (Å²) < 4.78 is 7.73. The van der Waals surface area contributed by atoms with Gasteiger partial charge in [0.15, 0.2) is 11.6 Å². The van der Waals surface area contributed by atoms with E-state index in [4.69, 9.17) is 16.0 Å². The van der Waals surface area contributed by atoms with Crippen LogP contribution in [0.4, 0.5) is 5.69 Å². The summed E-state index contributed by atoms with van der Waals surface area (Å²) in [4.78, 5) is 4.33. The van der Waals surface area contributed by atoms with E-state index in [0.29, 0.717) is 23.5 Å². The summed E-state index contributed by atoms with van der Waals surface area (Å²) in [7, 11) is 0. The number of nitrogens with one attached hydrogen (secondary N) is 1. The highest BCUT2D eigenvalue weighted by atomic mass is 35.5. The predicted molar refractivity (Wildman–Crippen MR) is 106 cm³/mol. The van der Waals surface area contributed by atoms with Gasteiger partial charge in [-0.1, -0.05) is 11.6 Å². The molecule has 7 nitrogen and oxygen atoms in total. The first-order valence-electron chi connectivity index (χ1n) is 9.09. The zero-order valence-corrected chi connectivity index (χ0v) is 15.7. The molecule has 1 fully saturated rings. The molecule has 0 spiro atoms. The molecule has 2 aromatic heterocycles. The third-order valence-electron chi connectivity index (χ3n) is 4.65. The van der Waals surface area contributed by atoms with Gasteiger partial charge in [0, 0.05) is 21.8 Å². The molecular formula is C20H17ClN6O. The lowest BCUT2D eigenvalue weighted by Crippen LogP contribution is -2.01. The molecular weight excluding hydrogens is 376 g/mol. The second kappa shape index (κ2) is 7.09. The molecule has 1 N–H and O–H groups in total. The first-order chi connectivity index (χ1) is 13.8. The molecule has 2 heterocycles. The molecule has 8 heteroatoms. The van der Waals surface area contributed by atoms with Crippen LogP contribution in [-0.4, -0.2) is 25.2 Å². The number of anilines is 1. The fourth-order valence-corrected chi connectivity index (χ4v) is 3.13. The van der Waals surface area contributed by atoms with Gasteiger partial charge in [-0.05, 0) is 71.8 Å². The van der Waals surface area contributed by atoms with Gasteiger partial charge in [-0.3, -0.25) is 0 Å². The average molecular weight is 393 g/mol. The molecule has 140 valence electrons. The number of oxazole rings is 1. The fraction of sp³-hybridized carbons (Fsp3) is 0.200. The van der Waals surface area contributed by atoms with E-state index in [1.165, 1.54) is 0 Å². The van der Waals surface area contributed by atoms with Crippen LogP contribution in [0.3, 0.4) is 0 Å². The Hall–Kier alpha value is -3.19. The zero-order valence-electron chi connectivity index (χ0n) is 14.9. The van der Waals surface area contributed by atoms with Crippen LogP contribution in [0, 0.1) is 0 Å². The average Bonchev–Trinajstić information content (AvgIpc) is 3.26. The van der Waals surface area contributed by atoms with Crippen molar-refractivity contribution in [3.8, 4) is 22.7 Å². The van der Waals surface area contributed by atoms with E-state index in [-0.39, 0.29) is 0 Å². The summed E-state index contributed by atoms with van der Waals surface area (Å²) in [5.74, 6) is 2.15. The highest BCUT2D eigenvalue weighted by Crippen LogP contribution is 2.36. The van der Waals surface area contributed by atoms with E-state index in [1.807, 2.05) is 53.2 Å². The van der Waals surface area contributed by atoms with Crippen LogP contribution >= 0.6 is 11.6 Å². The molecule has 0 atom stereocenters. The Morgan fingerprint density at radius 1 is 1.04 bits per heavy atom. The highest BCUT2D eigenvalue weighted by Gasteiger charge is 2.28. The van der Waals surface area contributed by atoms with Crippen LogP contribution in [0.2, 0.25) is 5.02 Å². The number of tetrazole rings is 1. The number of hydrogen-bond donors (Lipinski definition) is 1. The van der Waals surface area contributed by atoms with Gasteiger partial charge in [0.05, 0.1) is 18.8 Å². The molecule has 0 amide bonds. The van der Waals surface area contributed by atoms with Crippen LogP contribution in [0.5, 0.6) is 0 Å². The number of halogens is 1. The summed E-state index contributed by atoms with van der Waals surface area (Å²) in [6.45, 7) is 0.493. The van der Waals surface area contributed by atoms with Crippen LogP contribution in [0.25, 0.3) is 22.7 Å². The van der Waals surface area contributed by atoms with Crippen molar-refractivity contribution in [2.75, 3.05) is 5.32 Å². The summed E-state index contributed by atoms with van der Waals surface area (Å²) in [5, 5.41) is 16.1. The van der Waals surface area contributed by atoms with Crippen LogP contribution in [0.15, 0.2) is 59.1 Å². The normalized spacial score (nSPS) is 13.6. The number of nitrogens with zero attached hydrogens (tertiary/aromatic N) is 5. The number of benzene rings is 2. The van der Waals surface area contributed by atoms with Crippen molar-refractivity contribution in [2.45, 2.75) is 25.4 Å². The van der Waals surface area contributed by atoms with Crippen molar-refractivity contribution in [3.63, 3.8) is 0 Å². The van der Waals surface area contributed by atoms with Crippen molar-refractivity contribution in [1.82, 2.24) is 25.2 Å². The van der Waals surface area contributed by atoms with Gasteiger partial charge < -0.3 is 9.73 Å². The SMILES string of the molecule is Clc1ccc(-c2cnc(CNc3ccc(-c4nnnn4C4CC4)cc3)o2)cc1. The van der Waals surface area contributed by atoms with Crippen molar-refractivity contribution in [1.29, 1.82) is 0 Å². The largest absolute Gasteiger partial charge is 0.439 e. The molecule has 4 aromatic rings. The summed E-state index contributed by atoms with van der Waals surface area (Å²) in [5.41, 5.74) is 2.92. The predicted octanol–water partition coefficient (Wildman–Crippen LogP) is 4.60. The van der Waals surface area contributed by atoms with Gasteiger partial charge >= 0.3 is 0 Å². The molecule has 1 aliphatic rings. The number of hydrogen-bond acceptors (Lipinski definition) is 6.